The molecule has 0 saturated heterocycles. The zero-order valence-corrected chi connectivity index (χ0v) is 22.7. The van der Waals surface area contributed by atoms with Crippen LogP contribution in [0.15, 0.2) is 64.7 Å². The zero-order valence-electron chi connectivity index (χ0n) is 22.7. The number of hydrogen-bond donors (Lipinski definition) is 1. The van der Waals surface area contributed by atoms with Crippen molar-refractivity contribution in [1.82, 2.24) is 9.97 Å². The van der Waals surface area contributed by atoms with E-state index in [2.05, 4.69) is 25.3 Å². The van der Waals surface area contributed by atoms with Crippen molar-refractivity contribution in [3.8, 4) is 0 Å². The largest absolute Gasteiger partial charge is 0.465 e. The molecule has 214 valence electrons. The molecule has 0 aliphatic heterocycles. The van der Waals surface area contributed by atoms with Crippen molar-refractivity contribution < 1.29 is 33.0 Å². The number of aromatic nitrogens is 2. The fourth-order valence-corrected chi connectivity index (χ4v) is 3.34. The molecule has 1 aromatic heterocycles. The first kappa shape index (κ1) is 30.3. The first-order valence-electron chi connectivity index (χ1n) is 12.7. The van der Waals surface area contributed by atoms with E-state index >= 15 is 0 Å². The van der Waals surface area contributed by atoms with Crippen LogP contribution in [0.5, 0.6) is 0 Å². The second kappa shape index (κ2) is 15.4. The van der Waals surface area contributed by atoms with Crippen molar-refractivity contribution in [3.63, 3.8) is 0 Å². The van der Waals surface area contributed by atoms with Crippen LogP contribution < -0.4 is 10.2 Å². The number of ether oxygens (including phenoxy) is 3. The van der Waals surface area contributed by atoms with Crippen LogP contribution in [0.2, 0.25) is 0 Å². The van der Waals surface area contributed by atoms with Crippen molar-refractivity contribution >= 4 is 64.9 Å². The number of nitrogens with zero attached hydrogens (tertiary/aromatic N) is 5. The maximum atomic E-state index is 14.8. The molecule has 0 amide bonds. The van der Waals surface area contributed by atoms with Gasteiger partial charge in [0, 0.05) is 11.4 Å². The van der Waals surface area contributed by atoms with Crippen LogP contribution in [0.1, 0.15) is 20.8 Å². The monoisotopic (exact) mass is 564 g/mol. The Kier molecular flexibility index (Phi) is 11.4. The van der Waals surface area contributed by atoms with E-state index in [9.17, 15) is 18.8 Å². The summed E-state index contributed by atoms with van der Waals surface area (Å²) >= 11 is 0. The lowest BCUT2D eigenvalue weighted by Crippen LogP contribution is -2.28. The van der Waals surface area contributed by atoms with E-state index in [4.69, 9.17) is 14.2 Å². The number of anilines is 4. The molecule has 0 aliphatic carbocycles. The summed E-state index contributed by atoms with van der Waals surface area (Å²) in [6, 6.07) is 13.1. The highest BCUT2D eigenvalue weighted by molar-refractivity contribution is 6.24. The third-order valence-electron chi connectivity index (χ3n) is 5.03. The van der Waals surface area contributed by atoms with Gasteiger partial charge in [-0.05, 0) is 57.2 Å². The first-order valence-corrected chi connectivity index (χ1v) is 12.7. The minimum Gasteiger partial charge on any atom is -0.465 e. The van der Waals surface area contributed by atoms with E-state index in [0.717, 1.165) is 18.6 Å². The van der Waals surface area contributed by atoms with Crippen LogP contribution in [0.25, 0.3) is 0 Å². The number of halogens is 1. The van der Waals surface area contributed by atoms with Gasteiger partial charge in [0.1, 0.15) is 19.0 Å². The molecule has 12 nitrogen and oxygen atoms in total. The fraction of sp³-hybridized carbons (Fsp3) is 0.250. The van der Waals surface area contributed by atoms with Crippen molar-refractivity contribution in [2.75, 3.05) is 36.6 Å². The van der Waals surface area contributed by atoms with Gasteiger partial charge >= 0.3 is 17.9 Å². The highest BCUT2D eigenvalue weighted by atomic mass is 19.1. The maximum Gasteiger partial charge on any atom is 0.349 e. The van der Waals surface area contributed by atoms with Crippen LogP contribution in [0, 0.1) is 5.82 Å². The number of nitrogens with one attached hydrogen (secondary N) is 1. The van der Waals surface area contributed by atoms with Crippen molar-refractivity contribution in [2.24, 2.45) is 9.98 Å². The molecule has 0 unspecified atom stereocenters. The summed E-state index contributed by atoms with van der Waals surface area (Å²) in [6.07, 6.45) is 3.05. The van der Waals surface area contributed by atoms with Crippen molar-refractivity contribution in [3.05, 3.63) is 60.5 Å². The van der Waals surface area contributed by atoms with Crippen LogP contribution in [0.3, 0.4) is 0 Å². The van der Waals surface area contributed by atoms with Crippen LogP contribution in [-0.2, 0) is 28.6 Å². The Morgan fingerprint density at radius 3 is 2.15 bits per heavy atom. The van der Waals surface area contributed by atoms with E-state index in [1.54, 1.807) is 69.3 Å². The Morgan fingerprint density at radius 2 is 1.51 bits per heavy atom. The Balaban J connectivity index is 1.92. The normalized spacial score (nSPS) is 10.9. The smallest absolute Gasteiger partial charge is 0.349 e. The number of esters is 3. The predicted octanol–water partition coefficient (Wildman–Crippen LogP) is 4.59. The number of benzene rings is 2. The number of hydrogen-bond acceptors (Lipinski definition) is 12. The molecule has 0 fully saturated rings. The quantitative estimate of drug-likeness (QED) is 0.178. The molecule has 3 aromatic rings. The summed E-state index contributed by atoms with van der Waals surface area (Å²) < 4.78 is 29.6. The molecule has 3 rings (SSSR count). The van der Waals surface area contributed by atoms with Gasteiger partial charge in [0.15, 0.2) is 11.6 Å². The van der Waals surface area contributed by atoms with Gasteiger partial charge in [-0.3, -0.25) is 9.69 Å². The highest BCUT2D eigenvalue weighted by Crippen LogP contribution is 2.29. The lowest BCUT2D eigenvalue weighted by atomic mass is 10.2. The molecule has 1 heterocycles. The molecule has 0 bridgehead atoms. The summed E-state index contributed by atoms with van der Waals surface area (Å²) in [5, 5.41) is 2.87. The van der Waals surface area contributed by atoms with E-state index in [-0.39, 0.29) is 38.1 Å². The van der Waals surface area contributed by atoms with E-state index in [1.807, 2.05) is 0 Å². The van der Waals surface area contributed by atoms with Gasteiger partial charge in [0.05, 0.1) is 37.4 Å². The van der Waals surface area contributed by atoms with Crippen molar-refractivity contribution in [2.45, 2.75) is 20.8 Å². The predicted molar refractivity (Wildman–Crippen MR) is 151 cm³/mol. The van der Waals surface area contributed by atoms with Gasteiger partial charge in [-0.1, -0.05) is 12.1 Å². The maximum absolute atomic E-state index is 14.8. The molecule has 0 saturated carbocycles. The fourth-order valence-electron chi connectivity index (χ4n) is 3.34. The van der Waals surface area contributed by atoms with Gasteiger partial charge in [-0.25, -0.2) is 28.9 Å². The van der Waals surface area contributed by atoms with Gasteiger partial charge in [-0.2, -0.15) is 4.98 Å². The summed E-state index contributed by atoms with van der Waals surface area (Å²) in [4.78, 5) is 53.7. The van der Waals surface area contributed by atoms with E-state index in [1.165, 1.54) is 4.90 Å². The van der Waals surface area contributed by atoms with Crippen molar-refractivity contribution in [1.29, 1.82) is 0 Å². The molecule has 0 radical (unpaired) electrons. The minimum atomic E-state index is -0.752. The number of carbonyl (C=O) groups is 3. The first-order chi connectivity index (χ1) is 19.8. The average molecular weight is 565 g/mol. The summed E-state index contributed by atoms with van der Waals surface area (Å²) in [7, 11) is 0. The van der Waals surface area contributed by atoms with Gasteiger partial charge in [0.2, 0.25) is 5.95 Å². The standard InChI is InChI=1S/C28H29FN6O6/c1-4-39-24(36)16-30-19-9-7-11-21(13-19)33-27-23(29)15-32-28(34-27)35(18-26(38)41-6-3)22-12-8-10-20(14-22)31-17-25(37)40-5-2/h7-17H,4-6,18H2,1-3H3,(H,32,33,34)/b30-16+,31-17+. The average Bonchev–Trinajstić information content (AvgIpc) is 2.96. The number of aliphatic imine (C=N–C) groups is 2. The number of carbonyl (C=O) groups excluding carboxylic acids is 3. The SMILES string of the molecule is CCOC(=O)/C=N/c1cccc(Nc2nc(N(CC(=O)OCC)c3cccc(/N=C/C(=O)OCC)c3)ncc2F)c1. The van der Waals surface area contributed by atoms with Gasteiger partial charge in [0.25, 0.3) is 0 Å². The highest BCUT2D eigenvalue weighted by Gasteiger charge is 2.20. The molecule has 0 spiro atoms. The van der Waals surface area contributed by atoms with Crippen LogP contribution in [-0.4, -0.2) is 66.7 Å². The molecular weight excluding hydrogens is 535 g/mol. The van der Waals surface area contributed by atoms with Gasteiger partial charge in [-0.15, -0.1) is 0 Å². The second-order valence-electron chi connectivity index (χ2n) is 7.97. The minimum absolute atomic E-state index is 0.00929. The number of rotatable bonds is 13. The molecule has 0 atom stereocenters. The molecule has 2 aromatic carbocycles. The zero-order chi connectivity index (χ0) is 29.6. The molecule has 0 aliphatic rings. The molecule has 1 N–H and O–H groups in total. The summed E-state index contributed by atoms with van der Waals surface area (Å²) in [6.45, 7) is 5.34. The summed E-state index contributed by atoms with van der Waals surface area (Å²) in [5.74, 6) is -2.69. The Labute approximate surface area is 235 Å². The molecule has 13 heteroatoms. The van der Waals surface area contributed by atoms with Crippen LogP contribution in [0.4, 0.5) is 38.9 Å². The lowest BCUT2D eigenvalue weighted by molar-refractivity contribution is -0.141. The Bertz CT molecular complexity index is 1430. The Hall–Kier alpha value is -5.20. The topological polar surface area (TPSA) is 145 Å². The molecule has 41 heavy (non-hydrogen) atoms. The third kappa shape index (κ3) is 9.49. The lowest BCUT2D eigenvalue weighted by Gasteiger charge is -2.22. The van der Waals surface area contributed by atoms with Crippen LogP contribution >= 0.6 is 0 Å². The Morgan fingerprint density at radius 1 is 0.902 bits per heavy atom. The van der Waals surface area contributed by atoms with Gasteiger partial charge < -0.3 is 19.5 Å². The second-order valence-corrected chi connectivity index (χ2v) is 7.97. The van der Waals surface area contributed by atoms with E-state index < -0.39 is 23.7 Å². The van der Waals surface area contributed by atoms with E-state index in [0.29, 0.717) is 22.7 Å². The third-order valence-corrected chi connectivity index (χ3v) is 5.03. The summed E-state index contributed by atoms with van der Waals surface area (Å²) in [5.41, 5.74) is 1.68. The molecular formula is C28H29FN6O6.